The summed E-state index contributed by atoms with van der Waals surface area (Å²) >= 11 is 0. The van der Waals surface area contributed by atoms with Gasteiger partial charge in [0.25, 0.3) is 0 Å². The lowest BCUT2D eigenvalue weighted by Crippen LogP contribution is -2.65. The predicted octanol–water partition coefficient (Wildman–Crippen LogP) is 2.11. The first-order valence-electron chi connectivity index (χ1n) is 10.7. The third-order valence-corrected chi connectivity index (χ3v) is 5.21. The molecular formula is C21H36B2N3O2+. The van der Waals surface area contributed by atoms with E-state index in [9.17, 15) is 4.79 Å². The Balaban J connectivity index is 0.000000921. The molecule has 5 nitrogen and oxygen atoms in total. The molecule has 1 aromatic rings. The van der Waals surface area contributed by atoms with Crippen molar-refractivity contribution in [2.45, 2.75) is 59.2 Å². The summed E-state index contributed by atoms with van der Waals surface area (Å²) in [6.45, 7) is 13.5. The van der Waals surface area contributed by atoms with Gasteiger partial charge in [0.1, 0.15) is 7.11 Å². The van der Waals surface area contributed by atoms with Gasteiger partial charge in [-0.15, -0.1) is 0 Å². The molecule has 0 aliphatic carbocycles. The number of hydrogen-bond acceptors (Lipinski definition) is 3. The van der Waals surface area contributed by atoms with E-state index < -0.39 is 5.34 Å². The third-order valence-electron chi connectivity index (χ3n) is 5.21. The second-order valence-corrected chi connectivity index (χ2v) is 6.78. The normalized spacial score (nSPS) is 17.0. The van der Waals surface area contributed by atoms with Gasteiger partial charge in [-0.25, -0.2) is 0 Å². The number of pyridine rings is 1. The molecule has 4 radical (unpaired) electrons. The molecule has 2 aliphatic rings. The lowest BCUT2D eigenvalue weighted by atomic mass is 9.57. The summed E-state index contributed by atoms with van der Waals surface area (Å²) in [6, 6.07) is 5.40. The first kappa shape index (κ1) is 24.5. The van der Waals surface area contributed by atoms with Crippen LogP contribution in [0.1, 0.15) is 70.1 Å². The molecule has 7 heteroatoms. The maximum Gasteiger partial charge on any atom is 0.323 e. The summed E-state index contributed by atoms with van der Waals surface area (Å²) in [4.78, 5) is 22.2. The van der Waals surface area contributed by atoms with E-state index in [1.807, 2.05) is 49.6 Å². The molecule has 2 saturated heterocycles. The molecule has 0 bridgehead atoms. The molecule has 152 valence electrons. The van der Waals surface area contributed by atoms with Gasteiger partial charge >= 0.3 is 11.6 Å². The SMILES string of the molecule is CC.CC.[B]C([B])(c1cccc(C(=O)N2CCCC2)[n+]1OC)N1CC(CC)C1. The molecule has 3 rings (SSSR count). The topological polar surface area (TPSA) is 36.7 Å². The van der Waals surface area contributed by atoms with Crippen LogP contribution in [0.15, 0.2) is 18.2 Å². The van der Waals surface area contributed by atoms with Crippen molar-refractivity contribution < 1.29 is 14.4 Å². The minimum atomic E-state index is -1.16. The molecule has 0 unspecified atom stereocenters. The second kappa shape index (κ2) is 11.5. The van der Waals surface area contributed by atoms with Gasteiger partial charge < -0.3 is 9.80 Å². The standard InChI is InChI=1S/C17H24B2N3O2.2C2H6/c1-3-13-11-21(12-13)17(18,19)15-8-6-7-14(22(15)24-2)16(23)20-9-4-5-10-20;2*1-2/h6-8,13H,3-5,9-12H2,1-2H3;2*1-2H3/q+1;;. The van der Waals surface area contributed by atoms with Crippen LogP contribution in [0, 0.1) is 5.92 Å². The average Bonchev–Trinajstić information content (AvgIpc) is 3.23. The number of nitrogens with zero attached hydrogens (tertiary/aromatic N) is 3. The molecular weight excluding hydrogens is 348 g/mol. The highest BCUT2D eigenvalue weighted by Gasteiger charge is 2.44. The molecule has 0 spiro atoms. The Morgan fingerprint density at radius 2 is 1.75 bits per heavy atom. The highest BCUT2D eigenvalue weighted by molar-refractivity contribution is 6.39. The van der Waals surface area contributed by atoms with E-state index in [2.05, 4.69) is 6.92 Å². The van der Waals surface area contributed by atoms with Crippen LogP contribution in [0.25, 0.3) is 0 Å². The lowest BCUT2D eigenvalue weighted by Gasteiger charge is -2.48. The minimum absolute atomic E-state index is 0.0398. The van der Waals surface area contributed by atoms with Gasteiger partial charge in [0.2, 0.25) is 5.69 Å². The Morgan fingerprint density at radius 3 is 2.25 bits per heavy atom. The largest absolute Gasteiger partial charge is 0.333 e. The van der Waals surface area contributed by atoms with Gasteiger partial charge in [0, 0.05) is 48.4 Å². The minimum Gasteiger partial charge on any atom is -0.333 e. The third kappa shape index (κ3) is 5.11. The van der Waals surface area contributed by atoms with Gasteiger partial charge in [-0.2, -0.15) is 0 Å². The van der Waals surface area contributed by atoms with Crippen molar-refractivity contribution in [3.63, 3.8) is 0 Å². The van der Waals surface area contributed by atoms with Gasteiger partial charge in [-0.05, 0) is 24.8 Å². The zero-order valence-corrected chi connectivity index (χ0v) is 18.6. The molecule has 0 aromatic carbocycles. The van der Waals surface area contributed by atoms with E-state index in [4.69, 9.17) is 20.5 Å². The zero-order chi connectivity index (χ0) is 21.3. The molecule has 1 amide bonds. The van der Waals surface area contributed by atoms with Crippen molar-refractivity contribution in [2.24, 2.45) is 5.92 Å². The molecule has 0 saturated carbocycles. The van der Waals surface area contributed by atoms with Crippen LogP contribution in [-0.2, 0) is 5.34 Å². The first-order chi connectivity index (χ1) is 13.5. The fourth-order valence-corrected chi connectivity index (χ4v) is 3.52. The van der Waals surface area contributed by atoms with E-state index in [1.165, 1.54) is 11.8 Å². The van der Waals surface area contributed by atoms with Crippen LogP contribution in [0.2, 0.25) is 0 Å². The van der Waals surface area contributed by atoms with Gasteiger partial charge in [-0.3, -0.25) is 9.63 Å². The Labute approximate surface area is 174 Å². The van der Waals surface area contributed by atoms with Crippen molar-refractivity contribution in [2.75, 3.05) is 33.3 Å². The number of likely N-dealkylation sites (tertiary alicyclic amines) is 2. The van der Waals surface area contributed by atoms with E-state index in [-0.39, 0.29) is 5.91 Å². The van der Waals surface area contributed by atoms with Crippen LogP contribution < -0.4 is 9.57 Å². The van der Waals surface area contributed by atoms with E-state index in [0.717, 1.165) is 45.4 Å². The number of rotatable bonds is 5. The van der Waals surface area contributed by atoms with E-state index >= 15 is 0 Å². The van der Waals surface area contributed by atoms with Crippen molar-refractivity contribution in [3.05, 3.63) is 29.6 Å². The van der Waals surface area contributed by atoms with Crippen molar-refractivity contribution in [3.8, 4) is 0 Å². The Morgan fingerprint density at radius 1 is 1.18 bits per heavy atom. The van der Waals surface area contributed by atoms with Gasteiger partial charge in [0.15, 0.2) is 0 Å². The molecule has 2 aliphatic heterocycles. The lowest BCUT2D eigenvalue weighted by molar-refractivity contribution is -0.893. The van der Waals surface area contributed by atoms with Crippen LogP contribution in [0.5, 0.6) is 0 Å². The summed E-state index contributed by atoms with van der Waals surface area (Å²) in [6.07, 6.45) is 3.20. The summed E-state index contributed by atoms with van der Waals surface area (Å²) in [5.41, 5.74) is 1.05. The number of carbonyl (C=O) groups excluding carboxylic acids is 1. The number of hydrogen-bond donors (Lipinski definition) is 0. The number of carbonyl (C=O) groups is 1. The Hall–Kier alpha value is -1.49. The Kier molecular flexibility index (Phi) is 10.1. The second-order valence-electron chi connectivity index (χ2n) is 6.78. The molecule has 2 fully saturated rings. The predicted molar refractivity (Wildman–Crippen MR) is 116 cm³/mol. The molecule has 0 N–H and O–H groups in total. The first-order valence-corrected chi connectivity index (χ1v) is 10.7. The number of aromatic nitrogens is 1. The fraction of sp³-hybridized carbons (Fsp3) is 0.714. The summed E-state index contributed by atoms with van der Waals surface area (Å²) in [7, 11) is 14.4. The van der Waals surface area contributed by atoms with E-state index in [0.29, 0.717) is 17.3 Å². The Bertz CT molecular complexity index is 614. The molecule has 3 heterocycles. The molecule has 28 heavy (non-hydrogen) atoms. The zero-order valence-electron chi connectivity index (χ0n) is 18.6. The highest BCUT2D eigenvalue weighted by Crippen LogP contribution is 2.29. The maximum absolute atomic E-state index is 12.8. The smallest absolute Gasteiger partial charge is 0.323 e. The number of amides is 1. The van der Waals surface area contributed by atoms with Crippen LogP contribution in [-0.4, -0.2) is 64.7 Å². The molecule has 1 aromatic heterocycles. The summed E-state index contributed by atoms with van der Waals surface area (Å²) in [5.74, 6) is 0.587. The van der Waals surface area contributed by atoms with Crippen molar-refractivity contribution >= 4 is 21.6 Å². The quantitative estimate of drug-likeness (QED) is 0.577. The summed E-state index contributed by atoms with van der Waals surface area (Å²) in [5, 5.41) is -1.16. The monoisotopic (exact) mass is 384 g/mol. The van der Waals surface area contributed by atoms with Crippen LogP contribution in [0.4, 0.5) is 0 Å². The molecule has 0 atom stereocenters. The van der Waals surface area contributed by atoms with Gasteiger partial charge in [-0.1, -0.05) is 41.0 Å². The van der Waals surface area contributed by atoms with E-state index in [1.54, 1.807) is 6.07 Å². The maximum atomic E-state index is 12.8. The van der Waals surface area contributed by atoms with Crippen molar-refractivity contribution in [1.82, 2.24) is 9.80 Å². The highest BCUT2D eigenvalue weighted by atomic mass is 16.6. The summed E-state index contributed by atoms with van der Waals surface area (Å²) < 4.78 is 1.49. The van der Waals surface area contributed by atoms with Gasteiger partial charge in [0.05, 0.1) is 15.7 Å². The average molecular weight is 384 g/mol. The van der Waals surface area contributed by atoms with Crippen LogP contribution in [0.3, 0.4) is 0 Å². The fourth-order valence-electron chi connectivity index (χ4n) is 3.52. The van der Waals surface area contributed by atoms with Crippen molar-refractivity contribution in [1.29, 1.82) is 0 Å². The van der Waals surface area contributed by atoms with Crippen LogP contribution >= 0.6 is 0 Å².